The Labute approximate surface area is 103 Å². The minimum atomic E-state index is 0.0315. The van der Waals surface area contributed by atoms with Crippen molar-refractivity contribution in [3.8, 4) is 5.82 Å². The molecule has 92 valence electrons. The molecule has 0 aliphatic carbocycles. The summed E-state index contributed by atoms with van der Waals surface area (Å²) in [4.78, 5) is 19.8. The van der Waals surface area contributed by atoms with Crippen molar-refractivity contribution in [1.82, 2.24) is 25.1 Å². The monoisotopic (exact) mass is 244 g/mol. The van der Waals surface area contributed by atoms with Gasteiger partial charge in [0.25, 0.3) is 0 Å². The maximum atomic E-state index is 11.7. The SMILES string of the molecule is O=C(Nc1ccc(-n2cncn2)nc1)C1CNC1. The van der Waals surface area contributed by atoms with Crippen molar-refractivity contribution >= 4 is 11.6 Å². The van der Waals surface area contributed by atoms with E-state index in [1.165, 1.54) is 6.33 Å². The predicted octanol–water partition coefficient (Wildman–Crippen LogP) is -0.180. The molecule has 2 aromatic rings. The quantitative estimate of drug-likeness (QED) is 0.782. The second kappa shape index (κ2) is 4.53. The second-order valence-electron chi connectivity index (χ2n) is 4.09. The number of aromatic nitrogens is 4. The van der Waals surface area contributed by atoms with Crippen molar-refractivity contribution in [2.24, 2.45) is 5.92 Å². The average Bonchev–Trinajstić information content (AvgIpc) is 2.81. The topological polar surface area (TPSA) is 84.7 Å². The Kier molecular flexibility index (Phi) is 2.73. The van der Waals surface area contributed by atoms with Gasteiger partial charge in [0, 0.05) is 13.1 Å². The molecule has 2 N–H and O–H groups in total. The van der Waals surface area contributed by atoms with Crippen LogP contribution < -0.4 is 10.6 Å². The van der Waals surface area contributed by atoms with Gasteiger partial charge in [-0.05, 0) is 12.1 Å². The summed E-state index contributed by atoms with van der Waals surface area (Å²) in [5, 5.41) is 9.87. The van der Waals surface area contributed by atoms with Crippen LogP contribution >= 0.6 is 0 Å². The van der Waals surface area contributed by atoms with E-state index < -0.39 is 0 Å². The Morgan fingerprint density at radius 1 is 1.44 bits per heavy atom. The highest BCUT2D eigenvalue weighted by Crippen LogP contribution is 2.11. The van der Waals surface area contributed by atoms with E-state index in [1.54, 1.807) is 29.3 Å². The Bertz CT molecular complexity index is 531. The molecule has 1 amide bonds. The summed E-state index contributed by atoms with van der Waals surface area (Å²) in [5.41, 5.74) is 0.691. The fourth-order valence-corrected chi connectivity index (χ4v) is 1.64. The van der Waals surface area contributed by atoms with E-state index in [4.69, 9.17) is 0 Å². The van der Waals surface area contributed by atoms with Gasteiger partial charge in [-0.15, -0.1) is 0 Å². The molecule has 3 rings (SSSR count). The van der Waals surface area contributed by atoms with Crippen molar-refractivity contribution in [3.05, 3.63) is 31.0 Å². The molecule has 18 heavy (non-hydrogen) atoms. The van der Waals surface area contributed by atoms with Crippen LogP contribution in [0.3, 0.4) is 0 Å². The minimum Gasteiger partial charge on any atom is -0.324 e. The number of hydrogen-bond acceptors (Lipinski definition) is 5. The number of carbonyl (C=O) groups is 1. The molecule has 7 heteroatoms. The lowest BCUT2D eigenvalue weighted by Gasteiger charge is -2.25. The number of anilines is 1. The van der Waals surface area contributed by atoms with Crippen molar-refractivity contribution in [1.29, 1.82) is 0 Å². The second-order valence-corrected chi connectivity index (χ2v) is 4.09. The lowest BCUT2D eigenvalue weighted by Crippen LogP contribution is -2.48. The average molecular weight is 244 g/mol. The lowest BCUT2D eigenvalue weighted by atomic mass is 10.0. The zero-order chi connectivity index (χ0) is 12.4. The van der Waals surface area contributed by atoms with E-state index in [1.807, 2.05) is 0 Å². The van der Waals surface area contributed by atoms with Crippen LogP contribution in [0.1, 0.15) is 0 Å². The predicted molar refractivity (Wildman–Crippen MR) is 64.1 cm³/mol. The van der Waals surface area contributed by atoms with Gasteiger partial charge in [-0.2, -0.15) is 5.10 Å². The number of nitrogens with zero attached hydrogens (tertiary/aromatic N) is 4. The smallest absolute Gasteiger partial charge is 0.230 e. The van der Waals surface area contributed by atoms with Crippen molar-refractivity contribution < 1.29 is 4.79 Å². The fraction of sp³-hybridized carbons (Fsp3) is 0.273. The fourth-order valence-electron chi connectivity index (χ4n) is 1.64. The molecule has 3 heterocycles. The summed E-state index contributed by atoms with van der Waals surface area (Å²) in [6.07, 6.45) is 4.63. The largest absolute Gasteiger partial charge is 0.324 e. The first-order valence-electron chi connectivity index (χ1n) is 5.65. The molecule has 1 fully saturated rings. The highest BCUT2D eigenvalue weighted by molar-refractivity contribution is 5.93. The van der Waals surface area contributed by atoms with Crippen molar-refractivity contribution in [2.75, 3.05) is 18.4 Å². The highest BCUT2D eigenvalue weighted by atomic mass is 16.2. The molecule has 7 nitrogen and oxygen atoms in total. The molecule has 0 bridgehead atoms. The summed E-state index contributed by atoms with van der Waals surface area (Å²) in [5.74, 6) is 0.764. The number of hydrogen-bond donors (Lipinski definition) is 2. The molecule has 2 aromatic heterocycles. The number of amides is 1. The van der Waals surface area contributed by atoms with E-state index in [2.05, 4.69) is 25.7 Å². The van der Waals surface area contributed by atoms with Gasteiger partial charge in [0.1, 0.15) is 12.7 Å². The third-order valence-corrected chi connectivity index (χ3v) is 2.82. The Morgan fingerprint density at radius 3 is 2.89 bits per heavy atom. The molecule has 0 unspecified atom stereocenters. The van der Waals surface area contributed by atoms with Gasteiger partial charge < -0.3 is 10.6 Å². The zero-order valence-electron chi connectivity index (χ0n) is 9.58. The third-order valence-electron chi connectivity index (χ3n) is 2.82. The first kappa shape index (κ1) is 10.8. The van der Waals surface area contributed by atoms with E-state index >= 15 is 0 Å². The van der Waals surface area contributed by atoms with Crippen LogP contribution in [0.5, 0.6) is 0 Å². The van der Waals surface area contributed by atoms with Gasteiger partial charge in [-0.1, -0.05) is 0 Å². The molecule has 0 radical (unpaired) electrons. The normalized spacial score (nSPS) is 15.1. The number of pyridine rings is 1. The first-order chi connectivity index (χ1) is 8.83. The standard InChI is InChI=1S/C11H12N6O/c18-11(8-3-12-4-8)16-9-1-2-10(14-5-9)17-7-13-6-15-17/h1-2,5-8,12H,3-4H2,(H,16,18). The van der Waals surface area contributed by atoms with E-state index in [0.29, 0.717) is 11.5 Å². The zero-order valence-corrected chi connectivity index (χ0v) is 9.58. The van der Waals surface area contributed by atoms with Crippen LogP contribution in [-0.4, -0.2) is 38.7 Å². The summed E-state index contributed by atoms with van der Waals surface area (Å²) in [6.45, 7) is 1.49. The van der Waals surface area contributed by atoms with Crippen molar-refractivity contribution in [3.63, 3.8) is 0 Å². The van der Waals surface area contributed by atoms with Crippen molar-refractivity contribution in [2.45, 2.75) is 0 Å². The van der Waals surface area contributed by atoms with Gasteiger partial charge in [0.05, 0.1) is 17.8 Å². The first-order valence-corrected chi connectivity index (χ1v) is 5.65. The molecular weight excluding hydrogens is 232 g/mol. The molecule has 0 atom stereocenters. The lowest BCUT2D eigenvalue weighted by molar-refractivity contribution is -0.121. The van der Waals surface area contributed by atoms with Crippen LogP contribution in [0, 0.1) is 5.92 Å². The van der Waals surface area contributed by atoms with Crippen LogP contribution in [0.15, 0.2) is 31.0 Å². The molecule has 0 spiro atoms. The van der Waals surface area contributed by atoms with Gasteiger partial charge in [0.2, 0.25) is 5.91 Å². The van der Waals surface area contributed by atoms with E-state index in [9.17, 15) is 4.79 Å². The maximum absolute atomic E-state index is 11.7. The van der Waals surface area contributed by atoms with Crippen LogP contribution in [0.25, 0.3) is 5.82 Å². The number of carbonyl (C=O) groups excluding carboxylic acids is 1. The Morgan fingerprint density at radius 2 is 2.33 bits per heavy atom. The Balaban J connectivity index is 1.69. The number of rotatable bonds is 3. The molecule has 0 aromatic carbocycles. The molecular formula is C11H12N6O. The molecule has 1 aliphatic rings. The van der Waals surface area contributed by atoms with E-state index in [-0.39, 0.29) is 11.8 Å². The van der Waals surface area contributed by atoms with E-state index in [0.717, 1.165) is 13.1 Å². The highest BCUT2D eigenvalue weighted by Gasteiger charge is 2.24. The van der Waals surface area contributed by atoms with Crippen LogP contribution in [0.4, 0.5) is 5.69 Å². The Hall–Kier alpha value is -2.28. The summed E-state index contributed by atoms with van der Waals surface area (Å²) in [6, 6.07) is 3.58. The van der Waals surface area contributed by atoms with Gasteiger partial charge in [-0.25, -0.2) is 14.6 Å². The molecule has 1 aliphatic heterocycles. The molecule has 0 saturated carbocycles. The third kappa shape index (κ3) is 2.07. The van der Waals surface area contributed by atoms with Gasteiger partial charge in [-0.3, -0.25) is 4.79 Å². The molecule has 1 saturated heterocycles. The maximum Gasteiger partial charge on any atom is 0.230 e. The number of nitrogens with one attached hydrogen (secondary N) is 2. The van der Waals surface area contributed by atoms with Crippen LogP contribution in [-0.2, 0) is 4.79 Å². The summed E-state index contributed by atoms with van der Waals surface area (Å²) in [7, 11) is 0. The van der Waals surface area contributed by atoms with Gasteiger partial charge >= 0.3 is 0 Å². The van der Waals surface area contributed by atoms with Gasteiger partial charge in [0.15, 0.2) is 5.82 Å². The minimum absolute atomic E-state index is 0.0315. The van der Waals surface area contributed by atoms with Crippen LogP contribution in [0.2, 0.25) is 0 Å². The summed E-state index contributed by atoms with van der Waals surface area (Å²) < 4.78 is 1.56. The summed E-state index contributed by atoms with van der Waals surface area (Å²) >= 11 is 0.